The summed E-state index contributed by atoms with van der Waals surface area (Å²) in [7, 11) is 1.72. The maximum atomic E-state index is 12.2. The number of rotatable bonds is 3. The number of benzene rings is 1. The molecule has 0 atom stereocenters. The monoisotopic (exact) mass is 403 g/mol. The average Bonchev–Trinajstić information content (AvgIpc) is 2.71. The highest BCUT2D eigenvalue weighted by molar-refractivity contribution is 9.13. The van der Waals surface area contributed by atoms with Crippen molar-refractivity contribution in [3.63, 3.8) is 0 Å². The Bertz CT molecular complexity index is 593. The van der Waals surface area contributed by atoms with Gasteiger partial charge in [-0.2, -0.15) is 0 Å². The average molecular weight is 405 g/mol. The van der Waals surface area contributed by atoms with Crippen molar-refractivity contribution in [1.29, 1.82) is 0 Å². The molecule has 0 saturated carbocycles. The van der Waals surface area contributed by atoms with Crippen molar-refractivity contribution in [1.82, 2.24) is 4.90 Å². The summed E-state index contributed by atoms with van der Waals surface area (Å²) in [5, 5.41) is 9.71. The van der Waals surface area contributed by atoms with E-state index in [9.17, 15) is 9.90 Å². The van der Waals surface area contributed by atoms with E-state index >= 15 is 0 Å². The lowest BCUT2D eigenvalue weighted by atomic mass is 10.2. The van der Waals surface area contributed by atoms with E-state index < -0.39 is 0 Å². The van der Waals surface area contributed by atoms with Crippen LogP contribution < -0.4 is 0 Å². The highest BCUT2D eigenvalue weighted by Crippen LogP contribution is 2.33. The first-order chi connectivity index (χ1) is 8.99. The van der Waals surface area contributed by atoms with Crippen LogP contribution in [0.5, 0.6) is 5.75 Å². The van der Waals surface area contributed by atoms with Crippen molar-refractivity contribution in [2.45, 2.75) is 6.54 Å². The van der Waals surface area contributed by atoms with Crippen molar-refractivity contribution in [3.8, 4) is 5.75 Å². The van der Waals surface area contributed by atoms with Gasteiger partial charge in [-0.3, -0.25) is 4.79 Å². The Morgan fingerprint density at radius 2 is 2.05 bits per heavy atom. The number of hydrogen-bond donors (Lipinski definition) is 1. The third kappa shape index (κ3) is 3.38. The first-order valence-corrected chi connectivity index (χ1v) is 7.86. The zero-order chi connectivity index (χ0) is 14.0. The van der Waals surface area contributed by atoms with Crippen LogP contribution in [-0.2, 0) is 6.54 Å². The van der Waals surface area contributed by atoms with E-state index in [1.807, 2.05) is 6.07 Å². The molecule has 1 aromatic carbocycles. The van der Waals surface area contributed by atoms with Gasteiger partial charge in [-0.05, 0) is 44.0 Å². The van der Waals surface area contributed by atoms with Gasteiger partial charge >= 0.3 is 0 Å². The summed E-state index contributed by atoms with van der Waals surface area (Å²) >= 11 is 8.12. The van der Waals surface area contributed by atoms with Crippen LogP contribution in [0.1, 0.15) is 15.2 Å². The molecule has 0 unspecified atom stereocenters. The molecule has 0 aliphatic carbocycles. The molecule has 0 fully saturated rings. The molecule has 0 aliphatic heterocycles. The third-order valence-corrected chi connectivity index (χ3v) is 5.85. The Morgan fingerprint density at radius 1 is 1.37 bits per heavy atom. The molecule has 2 aromatic rings. The van der Waals surface area contributed by atoms with Gasteiger partial charge in [-0.25, -0.2) is 0 Å². The van der Waals surface area contributed by atoms with Crippen LogP contribution in [0, 0.1) is 0 Å². The van der Waals surface area contributed by atoms with E-state index in [0.717, 1.165) is 13.8 Å². The second kappa shape index (κ2) is 6.07. The lowest BCUT2D eigenvalue weighted by molar-refractivity contribution is 0.0789. The molecule has 3 nitrogen and oxygen atoms in total. The van der Waals surface area contributed by atoms with E-state index in [0.29, 0.717) is 11.4 Å². The zero-order valence-corrected chi connectivity index (χ0v) is 14.0. The molecule has 1 amide bonds. The second-order valence-electron chi connectivity index (χ2n) is 4.02. The predicted molar refractivity (Wildman–Crippen MR) is 83.6 cm³/mol. The molecule has 100 valence electrons. The van der Waals surface area contributed by atoms with Crippen molar-refractivity contribution >= 4 is 49.1 Å². The molecule has 0 bridgehead atoms. The number of amides is 1. The standard InChI is InChI=1S/C13H11Br2NO2S/c1-16(7-8-4-2-3-5-10(8)17)13(18)11-6-9(14)12(15)19-11/h2-6,17H,7H2,1H3. The maximum absolute atomic E-state index is 12.2. The number of aromatic hydroxyl groups is 1. The SMILES string of the molecule is CN(Cc1ccccc1O)C(=O)c1cc(Br)c(Br)s1. The van der Waals surface area contributed by atoms with Crippen molar-refractivity contribution < 1.29 is 9.90 Å². The molecule has 0 aliphatic rings. The summed E-state index contributed by atoms with van der Waals surface area (Å²) in [6.07, 6.45) is 0. The van der Waals surface area contributed by atoms with E-state index in [-0.39, 0.29) is 11.7 Å². The fraction of sp³-hybridized carbons (Fsp3) is 0.154. The molecule has 0 radical (unpaired) electrons. The largest absolute Gasteiger partial charge is 0.508 e. The van der Waals surface area contributed by atoms with Gasteiger partial charge in [-0.15, -0.1) is 11.3 Å². The molecule has 19 heavy (non-hydrogen) atoms. The Hall–Kier alpha value is -0.850. The van der Waals surface area contributed by atoms with Crippen LogP contribution in [0.3, 0.4) is 0 Å². The first kappa shape index (κ1) is 14.6. The molecular weight excluding hydrogens is 394 g/mol. The number of para-hydroxylation sites is 1. The Morgan fingerprint density at radius 3 is 2.63 bits per heavy atom. The Kier molecular flexibility index (Phi) is 4.65. The molecule has 1 heterocycles. The summed E-state index contributed by atoms with van der Waals surface area (Å²) in [6.45, 7) is 0.374. The topological polar surface area (TPSA) is 40.5 Å². The molecule has 2 rings (SSSR count). The fourth-order valence-electron chi connectivity index (χ4n) is 1.61. The normalized spacial score (nSPS) is 10.5. The minimum atomic E-state index is -0.0698. The van der Waals surface area contributed by atoms with Crippen molar-refractivity contribution in [2.24, 2.45) is 0 Å². The van der Waals surface area contributed by atoms with Gasteiger partial charge in [0, 0.05) is 23.6 Å². The Labute approximate surface area is 132 Å². The molecule has 1 aromatic heterocycles. The lowest BCUT2D eigenvalue weighted by Gasteiger charge is -2.16. The summed E-state index contributed by atoms with van der Waals surface area (Å²) in [4.78, 5) is 14.5. The summed E-state index contributed by atoms with van der Waals surface area (Å²) in [6, 6.07) is 8.81. The molecule has 0 spiro atoms. The number of carbonyl (C=O) groups is 1. The zero-order valence-electron chi connectivity index (χ0n) is 10.1. The van der Waals surface area contributed by atoms with Crippen molar-refractivity contribution in [3.05, 3.63) is 49.0 Å². The quantitative estimate of drug-likeness (QED) is 0.830. The van der Waals surface area contributed by atoms with Gasteiger partial charge in [-0.1, -0.05) is 18.2 Å². The van der Waals surface area contributed by atoms with Crippen LogP contribution in [-0.4, -0.2) is 23.0 Å². The maximum Gasteiger partial charge on any atom is 0.264 e. The fourth-order valence-corrected chi connectivity index (χ4v) is 3.64. The van der Waals surface area contributed by atoms with E-state index in [2.05, 4.69) is 31.9 Å². The van der Waals surface area contributed by atoms with Crippen LogP contribution in [0.25, 0.3) is 0 Å². The number of phenols is 1. The number of thiophene rings is 1. The van der Waals surface area contributed by atoms with Crippen molar-refractivity contribution in [2.75, 3.05) is 7.05 Å². The highest BCUT2D eigenvalue weighted by Gasteiger charge is 2.17. The number of phenolic OH excluding ortho intramolecular Hbond substituents is 1. The van der Waals surface area contributed by atoms with Crippen LogP contribution in [0.4, 0.5) is 0 Å². The molecular formula is C13H11Br2NO2S. The predicted octanol–water partition coefficient (Wildman–Crippen LogP) is 4.25. The van der Waals surface area contributed by atoms with E-state index in [1.165, 1.54) is 11.3 Å². The highest BCUT2D eigenvalue weighted by atomic mass is 79.9. The number of nitrogens with zero attached hydrogens (tertiary/aromatic N) is 1. The van der Waals surface area contributed by atoms with Crippen LogP contribution >= 0.6 is 43.2 Å². The van der Waals surface area contributed by atoms with E-state index in [4.69, 9.17) is 0 Å². The minimum Gasteiger partial charge on any atom is -0.508 e. The number of hydrogen-bond acceptors (Lipinski definition) is 3. The van der Waals surface area contributed by atoms with Gasteiger partial charge in [0.1, 0.15) is 5.75 Å². The number of halogens is 2. The van der Waals surface area contributed by atoms with Gasteiger partial charge in [0.15, 0.2) is 0 Å². The smallest absolute Gasteiger partial charge is 0.264 e. The van der Waals surface area contributed by atoms with Gasteiger partial charge < -0.3 is 10.0 Å². The van der Waals surface area contributed by atoms with Gasteiger partial charge in [0.25, 0.3) is 5.91 Å². The molecule has 0 saturated heterocycles. The summed E-state index contributed by atoms with van der Waals surface area (Å²) < 4.78 is 1.77. The first-order valence-electron chi connectivity index (χ1n) is 5.46. The van der Waals surface area contributed by atoms with Crippen LogP contribution in [0.15, 0.2) is 38.6 Å². The summed E-state index contributed by atoms with van der Waals surface area (Å²) in [5.74, 6) is 0.135. The minimum absolute atomic E-state index is 0.0698. The van der Waals surface area contributed by atoms with Gasteiger partial charge in [0.2, 0.25) is 0 Å². The molecule has 1 N–H and O–H groups in total. The second-order valence-corrected chi connectivity index (χ2v) is 7.25. The number of carbonyl (C=O) groups excluding carboxylic acids is 1. The van der Waals surface area contributed by atoms with Crippen LogP contribution in [0.2, 0.25) is 0 Å². The van der Waals surface area contributed by atoms with Gasteiger partial charge in [0.05, 0.1) is 8.66 Å². The van der Waals surface area contributed by atoms with E-state index in [1.54, 1.807) is 36.2 Å². The lowest BCUT2D eigenvalue weighted by Crippen LogP contribution is -2.25. The third-order valence-electron chi connectivity index (χ3n) is 2.60. The molecule has 6 heteroatoms. The Balaban J connectivity index is 2.14. The summed E-state index contributed by atoms with van der Waals surface area (Å²) in [5.41, 5.74) is 0.730.